The predicted octanol–water partition coefficient (Wildman–Crippen LogP) is 2.65. The number of rotatable bonds is 8. The molecule has 1 aliphatic carbocycles. The van der Waals surface area contributed by atoms with Crippen LogP contribution in [0, 0.1) is 11.8 Å². The van der Waals surface area contributed by atoms with E-state index in [9.17, 15) is 13.2 Å². The van der Waals surface area contributed by atoms with E-state index in [0.717, 1.165) is 32.3 Å². The van der Waals surface area contributed by atoms with E-state index in [-0.39, 0.29) is 37.7 Å². The normalized spacial score (nSPS) is 22.4. The summed E-state index contributed by atoms with van der Waals surface area (Å²) >= 11 is 0. The molecule has 0 bridgehead atoms. The van der Waals surface area contributed by atoms with Gasteiger partial charge in [-0.3, -0.25) is 0 Å². The van der Waals surface area contributed by atoms with Gasteiger partial charge in [-0.1, -0.05) is 20.8 Å². The van der Waals surface area contributed by atoms with Crippen molar-refractivity contribution in [3.05, 3.63) is 0 Å². The molecular formula is C16H33N2O4SSiY-. The van der Waals surface area contributed by atoms with Crippen LogP contribution in [-0.2, 0) is 52.1 Å². The fourth-order valence-electron chi connectivity index (χ4n) is 2.72. The molecule has 0 aromatic rings. The minimum atomic E-state index is -3.73. The van der Waals surface area contributed by atoms with Crippen LogP contribution in [0.25, 0.3) is 0 Å². The molecule has 1 aliphatic rings. The Labute approximate surface area is 180 Å². The van der Waals surface area contributed by atoms with Crippen molar-refractivity contribution >= 4 is 24.9 Å². The number of nitrogens with zero attached hydrogens (tertiary/aromatic N) is 1. The van der Waals surface area contributed by atoms with Gasteiger partial charge in [-0.25, -0.2) is 0 Å². The average molecular weight is 467 g/mol. The Balaban J connectivity index is 0.00000576. The topological polar surface area (TPSA) is 75.7 Å². The Morgan fingerprint density at radius 2 is 1.64 bits per heavy atom. The molecule has 1 rings (SSSR count). The number of hydrogen-bond donors (Lipinski definition) is 1. The van der Waals surface area contributed by atoms with Gasteiger partial charge in [-0.05, 0) is 55.7 Å². The van der Waals surface area contributed by atoms with Gasteiger partial charge in [-0.15, -0.1) is 0 Å². The molecule has 0 heterocycles. The molecule has 0 aromatic heterocycles. The van der Waals surface area contributed by atoms with E-state index >= 15 is 0 Å². The Bertz CT molecular complexity index is 515. The Morgan fingerprint density at radius 3 is 2.08 bits per heavy atom. The second-order valence-corrected chi connectivity index (χ2v) is 15.0. The van der Waals surface area contributed by atoms with E-state index in [1.165, 1.54) is 17.8 Å². The molecule has 1 fully saturated rings. The van der Waals surface area contributed by atoms with Gasteiger partial charge in [0.1, 0.15) is 0 Å². The van der Waals surface area contributed by atoms with Gasteiger partial charge in [-0.2, -0.15) is 19.1 Å². The summed E-state index contributed by atoms with van der Waals surface area (Å²) in [6.45, 7) is 12.5. The first-order valence-corrected chi connectivity index (χ1v) is 13.0. The first kappa shape index (κ1) is 25.7. The second kappa shape index (κ2) is 10.3. The van der Waals surface area contributed by atoms with Crippen molar-refractivity contribution in [1.29, 1.82) is 0 Å². The summed E-state index contributed by atoms with van der Waals surface area (Å²) < 4.78 is 32.7. The van der Waals surface area contributed by atoms with Crippen LogP contribution in [0.3, 0.4) is 0 Å². The van der Waals surface area contributed by atoms with Gasteiger partial charge in [0.15, 0.2) is 8.32 Å². The molecule has 9 heteroatoms. The molecule has 0 unspecified atom stereocenters. The monoisotopic (exact) mass is 466 g/mol. The summed E-state index contributed by atoms with van der Waals surface area (Å²) in [5.41, 5.74) is 0. The first-order chi connectivity index (χ1) is 10.9. The third-order valence-corrected chi connectivity index (χ3v) is 11.4. The van der Waals surface area contributed by atoms with Crippen LogP contribution in [0.5, 0.6) is 0 Å². The summed E-state index contributed by atoms with van der Waals surface area (Å²) in [5.74, 6) is 0.904. The third-order valence-electron chi connectivity index (χ3n) is 5.55. The quantitative estimate of drug-likeness (QED) is 0.339. The van der Waals surface area contributed by atoms with Gasteiger partial charge in [0.2, 0.25) is 0 Å². The minimum absolute atomic E-state index is 0. The standard InChI is InChI=1S/C16H33N2O4SSi.Y/c1-16(2,3)24(5,6)22-12-15-9-7-14(8-10-15)11-18(4)23(20,21)17-13-19;/h14-15H,7-12H2,1-6H3,(H,17,19);/q-1;. The van der Waals surface area contributed by atoms with Gasteiger partial charge in [0, 0.05) is 52.9 Å². The zero-order valence-corrected chi connectivity index (χ0v) is 21.1. The molecule has 1 amide bonds. The van der Waals surface area contributed by atoms with Gasteiger partial charge in [0.05, 0.1) is 0 Å². The molecule has 0 spiro atoms. The van der Waals surface area contributed by atoms with Crippen molar-refractivity contribution in [1.82, 2.24) is 9.03 Å². The first-order valence-electron chi connectivity index (χ1n) is 8.63. The number of amides is 1. The number of nitrogens with one attached hydrogen (secondary N) is 1. The predicted molar refractivity (Wildman–Crippen MR) is 99.0 cm³/mol. The maximum atomic E-state index is 11.7. The van der Waals surface area contributed by atoms with Crippen LogP contribution < -0.4 is 4.72 Å². The van der Waals surface area contributed by atoms with Crippen LogP contribution in [0.1, 0.15) is 46.5 Å². The summed E-state index contributed by atoms with van der Waals surface area (Å²) in [6.07, 6.45) is 5.37. The van der Waals surface area contributed by atoms with Gasteiger partial charge >= 0.3 is 0 Å². The summed E-state index contributed by atoms with van der Waals surface area (Å²) in [6, 6.07) is 0. The molecule has 0 atom stereocenters. The average Bonchev–Trinajstić information content (AvgIpc) is 2.45. The summed E-state index contributed by atoms with van der Waals surface area (Å²) in [7, 11) is -3.93. The fraction of sp³-hybridized carbons (Fsp3) is 0.938. The van der Waals surface area contributed by atoms with Crippen molar-refractivity contribution in [2.45, 2.75) is 64.6 Å². The Morgan fingerprint density at radius 1 is 1.16 bits per heavy atom. The number of hydrogen-bond acceptors (Lipinski definition) is 4. The van der Waals surface area contributed by atoms with E-state index in [1.807, 2.05) is 0 Å². The second-order valence-electron chi connectivity index (χ2n) is 8.45. The van der Waals surface area contributed by atoms with E-state index in [0.29, 0.717) is 18.4 Å². The van der Waals surface area contributed by atoms with Crippen molar-refractivity contribution in [2.75, 3.05) is 20.2 Å². The minimum Gasteiger partial charge on any atom is -0.519 e. The van der Waals surface area contributed by atoms with E-state index in [2.05, 4.69) is 33.9 Å². The molecule has 0 aromatic carbocycles. The van der Waals surface area contributed by atoms with Crippen molar-refractivity contribution < 1.29 is 50.3 Å². The van der Waals surface area contributed by atoms with Crippen molar-refractivity contribution in [3.8, 4) is 0 Å². The van der Waals surface area contributed by atoms with Crippen molar-refractivity contribution in [2.24, 2.45) is 11.8 Å². The largest absolute Gasteiger partial charge is 0.519 e. The number of carbonyl (C=O) groups excluding carboxylic acids is 1. The SMILES string of the molecule is CN(CC1CCC(CO[Si](C)(C)C(C)(C)C)CC1)S(=O)(=O)N[C-]=O.[Y]. The third kappa shape index (κ3) is 8.05. The molecule has 0 aliphatic heterocycles. The zero-order chi connectivity index (χ0) is 18.6. The van der Waals surface area contributed by atoms with E-state index < -0.39 is 18.5 Å². The van der Waals surface area contributed by atoms with Crippen LogP contribution >= 0.6 is 0 Å². The summed E-state index contributed by atoms with van der Waals surface area (Å²) in [5, 5.41) is 0.226. The van der Waals surface area contributed by atoms with E-state index in [4.69, 9.17) is 4.43 Å². The Kier molecular flexibility index (Phi) is 10.5. The maximum Gasteiger partial charge on any atom is 0.273 e. The van der Waals surface area contributed by atoms with Gasteiger partial charge in [0.25, 0.3) is 10.2 Å². The van der Waals surface area contributed by atoms with Crippen LogP contribution in [0.2, 0.25) is 18.1 Å². The molecule has 6 nitrogen and oxygen atoms in total. The molecule has 1 radical (unpaired) electrons. The molecule has 145 valence electrons. The van der Waals surface area contributed by atoms with Crippen molar-refractivity contribution in [3.63, 3.8) is 0 Å². The van der Waals surface area contributed by atoms with Gasteiger partial charge < -0.3 is 13.9 Å². The van der Waals surface area contributed by atoms with Crippen LogP contribution in [0.15, 0.2) is 0 Å². The molecule has 1 N–H and O–H groups in total. The van der Waals surface area contributed by atoms with E-state index in [1.54, 1.807) is 4.72 Å². The Hall–Kier alpha value is 0.661. The zero-order valence-electron chi connectivity index (χ0n) is 16.5. The van der Waals surface area contributed by atoms with Crippen LogP contribution in [0.4, 0.5) is 0 Å². The molecule has 1 saturated carbocycles. The fourth-order valence-corrected chi connectivity index (χ4v) is 4.47. The molecule has 25 heavy (non-hydrogen) atoms. The molecular weight excluding hydrogens is 433 g/mol. The smallest absolute Gasteiger partial charge is 0.273 e. The summed E-state index contributed by atoms with van der Waals surface area (Å²) in [4.78, 5) is 10.2. The van der Waals surface area contributed by atoms with Crippen LogP contribution in [-0.4, -0.2) is 47.6 Å². The maximum absolute atomic E-state index is 11.7. The molecule has 0 saturated heterocycles.